The number of ether oxygens (including phenoxy) is 2. The number of nitrogens with zero attached hydrogens (tertiary/aromatic N) is 1. The van der Waals surface area contributed by atoms with Crippen LogP contribution in [0.4, 0.5) is 0 Å². The maximum atomic E-state index is 12.3. The van der Waals surface area contributed by atoms with Crippen molar-refractivity contribution in [3.8, 4) is 17.6 Å². The number of nitriles is 1. The molecule has 0 saturated carbocycles. The summed E-state index contributed by atoms with van der Waals surface area (Å²) in [7, 11) is -2.68. The summed E-state index contributed by atoms with van der Waals surface area (Å²) in [6.07, 6.45) is 1.32. The van der Waals surface area contributed by atoms with Crippen molar-refractivity contribution in [1.82, 2.24) is 0 Å². The zero-order chi connectivity index (χ0) is 19.9. The SMILES string of the molecule is CCOC(=O)/C(C#N)=C/c1ccc(OS(=O)(=O)c2ccccc2)c(OC)c1. The van der Waals surface area contributed by atoms with Gasteiger partial charge in [0.1, 0.15) is 16.5 Å². The van der Waals surface area contributed by atoms with Crippen LogP contribution in [0, 0.1) is 11.3 Å². The molecule has 2 aromatic rings. The molecule has 2 aromatic carbocycles. The van der Waals surface area contributed by atoms with E-state index in [4.69, 9.17) is 18.9 Å². The maximum absolute atomic E-state index is 12.3. The van der Waals surface area contributed by atoms with Crippen LogP contribution in [0.25, 0.3) is 6.08 Å². The van der Waals surface area contributed by atoms with Crippen molar-refractivity contribution in [3.05, 3.63) is 59.7 Å². The van der Waals surface area contributed by atoms with Crippen molar-refractivity contribution in [2.24, 2.45) is 0 Å². The van der Waals surface area contributed by atoms with E-state index in [0.29, 0.717) is 5.56 Å². The number of carbonyl (C=O) groups is 1. The first kappa shape index (κ1) is 20.0. The van der Waals surface area contributed by atoms with Gasteiger partial charge in [0, 0.05) is 0 Å². The van der Waals surface area contributed by atoms with Gasteiger partial charge in [-0.1, -0.05) is 24.3 Å². The third-order valence-electron chi connectivity index (χ3n) is 3.35. The van der Waals surface area contributed by atoms with Gasteiger partial charge in [-0.15, -0.1) is 0 Å². The number of carbonyl (C=O) groups excluding carboxylic acids is 1. The fourth-order valence-electron chi connectivity index (χ4n) is 2.11. The Morgan fingerprint density at radius 2 is 1.85 bits per heavy atom. The maximum Gasteiger partial charge on any atom is 0.348 e. The van der Waals surface area contributed by atoms with Gasteiger partial charge in [0.25, 0.3) is 0 Å². The molecule has 0 spiro atoms. The molecule has 7 nitrogen and oxygen atoms in total. The first-order chi connectivity index (χ1) is 12.9. The normalized spacial score (nSPS) is 11.4. The fraction of sp³-hybridized carbons (Fsp3) is 0.158. The molecular weight excluding hydrogens is 370 g/mol. The predicted octanol–water partition coefficient (Wildman–Crippen LogP) is 2.93. The van der Waals surface area contributed by atoms with Crippen LogP contribution < -0.4 is 8.92 Å². The Bertz CT molecular complexity index is 991. The number of methoxy groups -OCH3 is 1. The van der Waals surface area contributed by atoms with Crippen molar-refractivity contribution in [3.63, 3.8) is 0 Å². The van der Waals surface area contributed by atoms with Gasteiger partial charge in [0.2, 0.25) is 0 Å². The van der Waals surface area contributed by atoms with Crippen LogP contribution in [0.5, 0.6) is 11.5 Å². The van der Waals surface area contributed by atoms with E-state index in [-0.39, 0.29) is 28.6 Å². The van der Waals surface area contributed by atoms with Crippen LogP contribution in [-0.2, 0) is 19.6 Å². The van der Waals surface area contributed by atoms with E-state index in [1.807, 2.05) is 0 Å². The number of esters is 1. The van der Waals surface area contributed by atoms with E-state index in [0.717, 1.165) is 0 Å². The van der Waals surface area contributed by atoms with E-state index in [1.165, 1.54) is 43.5 Å². The first-order valence-corrected chi connectivity index (χ1v) is 9.28. The zero-order valence-corrected chi connectivity index (χ0v) is 15.5. The molecule has 0 N–H and O–H groups in total. The highest BCUT2D eigenvalue weighted by molar-refractivity contribution is 7.87. The highest BCUT2D eigenvalue weighted by Gasteiger charge is 2.19. The molecule has 27 heavy (non-hydrogen) atoms. The molecule has 0 amide bonds. The Hall–Kier alpha value is -3.31. The summed E-state index contributed by atoms with van der Waals surface area (Å²) in [4.78, 5) is 11.7. The lowest BCUT2D eigenvalue weighted by molar-refractivity contribution is -0.137. The molecular formula is C19H17NO6S. The molecule has 0 aliphatic heterocycles. The molecule has 0 aromatic heterocycles. The Labute approximate surface area is 157 Å². The lowest BCUT2D eigenvalue weighted by Gasteiger charge is -2.11. The summed E-state index contributed by atoms with van der Waals surface area (Å²) in [6.45, 7) is 1.78. The van der Waals surface area contributed by atoms with E-state index in [2.05, 4.69) is 0 Å². The molecule has 0 atom stereocenters. The molecule has 0 aliphatic carbocycles. The molecule has 8 heteroatoms. The number of hydrogen-bond donors (Lipinski definition) is 0. The van der Waals surface area contributed by atoms with Gasteiger partial charge in [-0.05, 0) is 42.8 Å². The van der Waals surface area contributed by atoms with Crippen molar-refractivity contribution in [2.45, 2.75) is 11.8 Å². The van der Waals surface area contributed by atoms with Crippen molar-refractivity contribution >= 4 is 22.2 Å². The molecule has 0 aliphatic rings. The highest BCUT2D eigenvalue weighted by atomic mass is 32.2. The van der Waals surface area contributed by atoms with Crippen molar-refractivity contribution in [1.29, 1.82) is 5.26 Å². The zero-order valence-electron chi connectivity index (χ0n) is 14.7. The van der Waals surface area contributed by atoms with Crippen LogP contribution in [0.1, 0.15) is 12.5 Å². The molecule has 0 bridgehead atoms. The summed E-state index contributed by atoms with van der Waals surface area (Å²) in [5.41, 5.74) is 0.255. The minimum Gasteiger partial charge on any atom is -0.493 e. The van der Waals surface area contributed by atoms with Gasteiger partial charge >= 0.3 is 16.1 Å². The van der Waals surface area contributed by atoms with E-state index >= 15 is 0 Å². The van der Waals surface area contributed by atoms with Crippen LogP contribution in [-0.4, -0.2) is 28.1 Å². The van der Waals surface area contributed by atoms with Crippen LogP contribution in [0.15, 0.2) is 59.0 Å². The lowest BCUT2D eigenvalue weighted by Crippen LogP contribution is -2.10. The smallest absolute Gasteiger partial charge is 0.348 e. The second kappa shape index (κ2) is 8.87. The van der Waals surface area contributed by atoms with Crippen LogP contribution in [0.2, 0.25) is 0 Å². The van der Waals surface area contributed by atoms with Gasteiger partial charge in [-0.2, -0.15) is 13.7 Å². The summed E-state index contributed by atoms with van der Waals surface area (Å²) in [5.74, 6) is -0.636. The second-order valence-corrected chi connectivity index (χ2v) is 6.70. The topological polar surface area (TPSA) is 103 Å². The molecule has 2 rings (SSSR count). The molecule has 0 fully saturated rings. The third kappa shape index (κ3) is 5.09. The Morgan fingerprint density at radius 1 is 1.15 bits per heavy atom. The van der Waals surface area contributed by atoms with Crippen LogP contribution in [0.3, 0.4) is 0 Å². The van der Waals surface area contributed by atoms with Gasteiger partial charge in [-0.3, -0.25) is 0 Å². The fourth-order valence-corrected chi connectivity index (χ4v) is 3.07. The Balaban J connectivity index is 2.34. The monoisotopic (exact) mass is 387 g/mol. The van der Waals surface area contributed by atoms with E-state index in [9.17, 15) is 13.2 Å². The predicted molar refractivity (Wildman–Crippen MR) is 97.5 cm³/mol. The molecule has 140 valence electrons. The molecule has 0 unspecified atom stereocenters. The van der Waals surface area contributed by atoms with E-state index < -0.39 is 16.1 Å². The van der Waals surface area contributed by atoms with E-state index in [1.54, 1.807) is 31.2 Å². The number of hydrogen-bond acceptors (Lipinski definition) is 7. The van der Waals surface area contributed by atoms with Gasteiger partial charge < -0.3 is 13.7 Å². The highest BCUT2D eigenvalue weighted by Crippen LogP contribution is 2.31. The molecule has 0 saturated heterocycles. The summed E-state index contributed by atoms with van der Waals surface area (Å²) < 4.78 is 39.8. The number of benzene rings is 2. The molecule has 0 heterocycles. The van der Waals surface area contributed by atoms with Crippen molar-refractivity contribution < 1.29 is 26.9 Å². The minimum atomic E-state index is -4.03. The standard InChI is InChI=1S/C19H17NO6S/c1-3-25-19(21)15(13-20)11-14-9-10-17(18(12-14)24-2)26-27(22,23)16-7-5-4-6-8-16/h4-12H,3H2,1-2H3/b15-11+. The Morgan fingerprint density at radius 3 is 2.44 bits per heavy atom. The van der Waals surface area contributed by atoms with Crippen LogP contribution >= 0.6 is 0 Å². The Kier molecular flexibility index (Phi) is 6.57. The molecule has 0 radical (unpaired) electrons. The lowest BCUT2D eigenvalue weighted by atomic mass is 10.1. The second-order valence-electron chi connectivity index (χ2n) is 5.15. The van der Waals surface area contributed by atoms with Gasteiger partial charge in [-0.25, -0.2) is 4.79 Å². The largest absolute Gasteiger partial charge is 0.493 e. The summed E-state index contributed by atoms with van der Waals surface area (Å²) in [5, 5.41) is 9.09. The summed E-state index contributed by atoms with van der Waals surface area (Å²) >= 11 is 0. The summed E-state index contributed by atoms with van der Waals surface area (Å²) in [6, 6.07) is 13.8. The average Bonchev–Trinajstić information content (AvgIpc) is 2.67. The third-order valence-corrected chi connectivity index (χ3v) is 4.59. The van der Waals surface area contributed by atoms with Gasteiger partial charge in [0.05, 0.1) is 13.7 Å². The van der Waals surface area contributed by atoms with Crippen molar-refractivity contribution in [2.75, 3.05) is 13.7 Å². The minimum absolute atomic E-state index is 0.00473. The average molecular weight is 387 g/mol. The first-order valence-electron chi connectivity index (χ1n) is 7.87. The van der Waals surface area contributed by atoms with Gasteiger partial charge in [0.15, 0.2) is 11.5 Å². The number of rotatable bonds is 7. The quantitative estimate of drug-likeness (QED) is 0.311.